The van der Waals surface area contributed by atoms with Crippen molar-refractivity contribution in [3.63, 3.8) is 0 Å². The SMILES string of the molecule is CC=CC(=O)OCC(=O)CC(CC)CC. The molecule has 0 spiro atoms. The molecule has 0 aliphatic carbocycles. The van der Waals surface area contributed by atoms with Crippen molar-refractivity contribution < 1.29 is 14.3 Å². The standard InChI is InChI=1S/C12H20O3/c1-4-7-12(14)15-9-11(13)8-10(5-2)6-3/h4,7,10H,5-6,8-9H2,1-3H3. The Balaban J connectivity index is 3.79. The normalized spacial score (nSPS) is 10.9. The van der Waals surface area contributed by atoms with Crippen LogP contribution in [0.25, 0.3) is 0 Å². The molecule has 0 N–H and O–H groups in total. The van der Waals surface area contributed by atoms with Gasteiger partial charge in [0, 0.05) is 12.5 Å². The summed E-state index contributed by atoms with van der Waals surface area (Å²) in [5.74, 6) is -0.0325. The van der Waals surface area contributed by atoms with Gasteiger partial charge in [-0.25, -0.2) is 4.79 Å². The zero-order valence-corrected chi connectivity index (χ0v) is 9.79. The smallest absolute Gasteiger partial charge is 0.330 e. The third-order valence-corrected chi connectivity index (χ3v) is 2.35. The molecular weight excluding hydrogens is 192 g/mol. The van der Waals surface area contributed by atoms with Gasteiger partial charge in [-0.05, 0) is 12.8 Å². The monoisotopic (exact) mass is 212 g/mol. The fraction of sp³-hybridized carbons (Fsp3) is 0.667. The molecule has 0 radical (unpaired) electrons. The van der Waals surface area contributed by atoms with Crippen LogP contribution in [0.2, 0.25) is 0 Å². The molecular formula is C12H20O3. The second-order valence-corrected chi connectivity index (χ2v) is 3.53. The van der Waals surface area contributed by atoms with Crippen molar-refractivity contribution in [2.45, 2.75) is 40.0 Å². The lowest BCUT2D eigenvalue weighted by atomic mass is 9.97. The van der Waals surface area contributed by atoms with Crippen molar-refractivity contribution in [1.82, 2.24) is 0 Å². The number of carbonyl (C=O) groups is 2. The van der Waals surface area contributed by atoms with Crippen LogP contribution < -0.4 is 0 Å². The summed E-state index contributed by atoms with van der Waals surface area (Å²) in [7, 11) is 0. The van der Waals surface area contributed by atoms with Gasteiger partial charge >= 0.3 is 5.97 Å². The van der Waals surface area contributed by atoms with Crippen molar-refractivity contribution in [1.29, 1.82) is 0 Å². The Labute approximate surface area is 91.5 Å². The van der Waals surface area contributed by atoms with E-state index < -0.39 is 5.97 Å². The average Bonchev–Trinajstić information content (AvgIpc) is 2.23. The Morgan fingerprint density at radius 1 is 1.27 bits per heavy atom. The van der Waals surface area contributed by atoms with E-state index in [2.05, 4.69) is 13.8 Å². The van der Waals surface area contributed by atoms with E-state index in [1.807, 2.05) is 0 Å². The number of carbonyl (C=O) groups excluding carboxylic acids is 2. The van der Waals surface area contributed by atoms with E-state index >= 15 is 0 Å². The molecule has 0 atom stereocenters. The maximum atomic E-state index is 11.4. The first-order valence-corrected chi connectivity index (χ1v) is 5.45. The molecule has 86 valence electrons. The molecule has 15 heavy (non-hydrogen) atoms. The van der Waals surface area contributed by atoms with Gasteiger partial charge in [0.05, 0.1) is 0 Å². The molecule has 0 unspecified atom stereocenters. The molecule has 0 bridgehead atoms. The summed E-state index contributed by atoms with van der Waals surface area (Å²) in [4.78, 5) is 22.3. The largest absolute Gasteiger partial charge is 0.455 e. The summed E-state index contributed by atoms with van der Waals surface area (Å²) in [5.41, 5.74) is 0. The van der Waals surface area contributed by atoms with Gasteiger partial charge < -0.3 is 4.74 Å². The molecule has 3 heteroatoms. The molecule has 0 aromatic heterocycles. The van der Waals surface area contributed by atoms with E-state index in [-0.39, 0.29) is 12.4 Å². The van der Waals surface area contributed by atoms with Crippen LogP contribution in [-0.2, 0) is 14.3 Å². The van der Waals surface area contributed by atoms with Crippen molar-refractivity contribution in [3.05, 3.63) is 12.2 Å². The number of esters is 1. The van der Waals surface area contributed by atoms with Crippen molar-refractivity contribution in [3.8, 4) is 0 Å². The Morgan fingerprint density at radius 2 is 1.87 bits per heavy atom. The van der Waals surface area contributed by atoms with Crippen LogP contribution in [0.15, 0.2) is 12.2 Å². The molecule has 0 saturated carbocycles. The molecule has 0 rings (SSSR count). The van der Waals surface area contributed by atoms with E-state index in [1.165, 1.54) is 6.08 Å². The first kappa shape index (κ1) is 13.9. The first-order chi connectivity index (χ1) is 7.13. The quantitative estimate of drug-likeness (QED) is 0.481. The topological polar surface area (TPSA) is 43.4 Å². The number of ether oxygens (including phenoxy) is 1. The van der Waals surface area contributed by atoms with E-state index in [0.29, 0.717) is 12.3 Å². The second-order valence-electron chi connectivity index (χ2n) is 3.53. The summed E-state index contributed by atoms with van der Waals surface area (Å²) in [5, 5.41) is 0. The Hall–Kier alpha value is -1.12. The summed E-state index contributed by atoms with van der Waals surface area (Å²) in [6.07, 6.45) is 5.39. The minimum Gasteiger partial charge on any atom is -0.455 e. The van der Waals surface area contributed by atoms with Crippen molar-refractivity contribution in [2.24, 2.45) is 5.92 Å². The lowest BCUT2D eigenvalue weighted by Gasteiger charge is -2.10. The van der Waals surface area contributed by atoms with E-state index in [9.17, 15) is 9.59 Å². The maximum absolute atomic E-state index is 11.4. The fourth-order valence-electron chi connectivity index (χ4n) is 1.29. The number of rotatable bonds is 7. The fourth-order valence-corrected chi connectivity index (χ4v) is 1.29. The Bertz CT molecular complexity index is 227. The highest BCUT2D eigenvalue weighted by Gasteiger charge is 2.11. The highest BCUT2D eigenvalue weighted by Crippen LogP contribution is 2.12. The predicted octanol–water partition coefficient (Wildman–Crippen LogP) is 2.50. The van der Waals surface area contributed by atoms with Crippen LogP contribution in [0.3, 0.4) is 0 Å². The number of hydrogen-bond acceptors (Lipinski definition) is 3. The number of ketones is 1. The minimum atomic E-state index is -0.449. The van der Waals surface area contributed by atoms with Gasteiger partial charge in [0.25, 0.3) is 0 Å². The van der Waals surface area contributed by atoms with Crippen molar-refractivity contribution >= 4 is 11.8 Å². The van der Waals surface area contributed by atoms with Crippen LogP contribution in [-0.4, -0.2) is 18.4 Å². The summed E-state index contributed by atoms with van der Waals surface area (Å²) in [6.45, 7) is 5.76. The van der Waals surface area contributed by atoms with Crippen LogP contribution >= 0.6 is 0 Å². The maximum Gasteiger partial charge on any atom is 0.330 e. The lowest BCUT2D eigenvalue weighted by Crippen LogP contribution is -2.15. The number of Topliss-reactive ketones (excluding diaryl/α,β-unsaturated/α-hetero) is 1. The van der Waals surface area contributed by atoms with Crippen LogP contribution in [0.5, 0.6) is 0 Å². The van der Waals surface area contributed by atoms with Gasteiger partial charge in [-0.1, -0.05) is 32.8 Å². The van der Waals surface area contributed by atoms with E-state index in [1.54, 1.807) is 13.0 Å². The van der Waals surface area contributed by atoms with Gasteiger partial charge in [-0.15, -0.1) is 0 Å². The zero-order chi connectivity index (χ0) is 11.7. The van der Waals surface area contributed by atoms with Crippen molar-refractivity contribution in [2.75, 3.05) is 6.61 Å². The van der Waals surface area contributed by atoms with Gasteiger partial charge in [-0.3, -0.25) is 4.79 Å². The zero-order valence-electron chi connectivity index (χ0n) is 9.79. The van der Waals surface area contributed by atoms with Crippen LogP contribution in [0.1, 0.15) is 40.0 Å². The molecule has 0 aliphatic rings. The van der Waals surface area contributed by atoms with Gasteiger partial charge in [0.2, 0.25) is 0 Å². The predicted molar refractivity (Wildman–Crippen MR) is 59.5 cm³/mol. The molecule has 0 saturated heterocycles. The molecule has 0 aromatic carbocycles. The molecule has 0 aromatic rings. The summed E-state index contributed by atoms with van der Waals surface area (Å²) >= 11 is 0. The summed E-state index contributed by atoms with van der Waals surface area (Å²) in [6, 6.07) is 0. The van der Waals surface area contributed by atoms with Gasteiger partial charge in [0.1, 0.15) is 6.61 Å². The molecule has 3 nitrogen and oxygen atoms in total. The highest BCUT2D eigenvalue weighted by molar-refractivity contribution is 5.86. The number of hydrogen-bond donors (Lipinski definition) is 0. The molecule has 0 amide bonds. The van der Waals surface area contributed by atoms with E-state index in [0.717, 1.165) is 12.8 Å². The lowest BCUT2D eigenvalue weighted by molar-refractivity contribution is -0.143. The molecule has 0 fully saturated rings. The van der Waals surface area contributed by atoms with E-state index in [4.69, 9.17) is 4.74 Å². The van der Waals surface area contributed by atoms with Crippen LogP contribution in [0, 0.1) is 5.92 Å². The Morgan fingerprint density at radius 3 is 2.33 bits per heavy atom. The Kier molecular flexibility index (Phi) is 7.60. The second kappa shape index (κ2) is 8.21. The van der Waals surface area contributed by atoms with Crippen LogP contribution in [0.4, 0.5) is 0 Å². The number of allylic oxidation sites excluding steroid dienone is 1. The van der Waals surface area contributed by atoms with Gasteiger partial charge in [0.15, 0.2) is 5.78 Å². The first-order valence-electron chi connectivity index (χ1n) is 5.45. The van der Waals surface area contributed by atoms with Gasteiger partial charge in [-0.2, -0.15) is 0 Å². The summed E-state index contributed by atoms with van der Waals surface area (Å²) < 4.78 is 4.76. The average molecular weight is 212 g/mol. The minimum absolute atomic E-state index is 0.00144. The molecule has 0 aliphatic heterocycles. The third-order valence-electron chi connectivity index (χ3n) is 2.35. The third kappa shape index (κ3) is 6.89. The highest BCUT2D eigenvalue weighted by atomic mass is 16.5. The molecule has 0 heterocycles.